The molecule has 0 amide bonds. The van der Waals surface area contributed by atoms with Crippen LogP contribution < -0.4 is 15.0 Å². The van der Waals surface area contributed by atoms with Gasteiger partial charge in [-0.3, -0.25) is 10.1 Å². The van der Waals surface area contributed by atoms with E-state index >= 15 is 0 Å². The number of methoxy groups -OCH3 is 1. The normalized spacial score (nSPS) is 18.9. The van der Waals surface area contributed by atoms with Crippen molar-refractivity contribution in [3.63, 3.8) is 0 Å². The van der Waals surface area contributed by atoms with Crippen LogP contribution in [-0.2, 0) is 0 Å². The molecule has 6 heteroatoms. The summed E-state index contributed by atoms with van der Waals surface area (Å²) in [5.41, 5.74) is 0.808. The molecule has 1 fully saturated rings. The van der Waals surface area contributed by atoms with Crippen LogP contribution >= 0.6 is 0 Å². The molecule has 0 aromatic heterocycles. The van der Waals surface area contributed by atoms with Gasteiger partial charge in [0.2, 0.25) is 0 Å². The van der Waals surface area contributed by atoms with Crippen molar-refractivity contribution in [2.24, 2.45) is 0 Å². The van der Waals surface area contributed by atoms with Gasteiger partial charge in [-0.2, -0.15) is 0 Å². The van der Waals surface area contributed by atoms with E-state index in [2.05, 4.69) is 10.2 Å². The van der Waals surface area contributed by atoms with Crippen molar-refractivity contribution < 1.29 is 9.66 Å². The lowest BCUT2D eigenvalue weighted by Crippen LogP contribution is -2.45. The third-order valence-corrected chi connectivity index (χ3v) is 3.76. The SMILES string of the molecule is CNCC1CCCCN1c1cc(OC)ccc1[N+](=O)[O-]. The minimum atomic E-state index is -0.320. The maximum atomic E-state index is 11.3. The summed E-state index contributed by atoms with van der Waals surface area (Å²) in [5, 5.41) is 14.4. The standard InChI is InChI=1S/C14H21N3O3/c1-15-10-11-5-3-4-8-16(11)14-9-12(20-2)6-7-13(14)17(18)19/h6-7,9,11,15H,3-5,8,10H2,1-2H3. The van der Waals surface area contributed by atoms with E-state index < -0.39 is 0 Å². The highest BCUT2D eigenvalue weighted by Gasteiger charge is 2.28. The molecule has 0 spiro atoms. The lowest BCUT2D eigenvalue weighted by atomic mass is 10.0. The number of hydrogen-bond acceptors (Lipinski definition) is 5. The predicted molar refractivity (Wildman–Crippen MR) is 78.6 cm³/mol. The van der Waals surface area contributed by atoms with Gasteiger partial charge in [0.25, 0.3) is 5.69 Å². The molecule has 0 saturated carbocycles. The second kappa shape index (κ2) is 6.56. The monoisotopic (exact) mass is 279 g/mol. The van der Waals surface area contributed by atoms with E-state index in [1.54, 1.807) is 19.2 Å². The van der Waals surface area contributed by atoms with Crippen molar-refractivity contribution in [3.05, 3.63) is 28.3 Å². The summed E-state index contributed by atoms with van der Waals surface area (Å²) in [6.45, 7) is 1.68. The Morgan fingerprint density at radius 1 is 1.50 bits per heavy atom. The Balaban J connectivity index is 2.39. The molecule has 1 aliphatic heterocycles. The molecule has 1 atom stereocenters. The Hall–Kier alpha value is -1.82. The van der Waals surface area contributed by atoms with Gasteiger partial charge in [-0.05, 0) is 32.4 Å². The van der Waals surface area contributed by atoms with Gasteiger partial charge in [0.1, 0.15) is 11.4 Å². The highest BCUT2D eigenvalue weighted by atomic mass is 16.6. The second-order valence-corrected chi connectivity index (χ2v) is 5.01. The van der Waals surface area contributed by atoms with Crippen LogP contribution in [0.3, 0.4) is 0 Å². The molecule has 0 aliphatic carbocycles. The molecule has 20 heavy (non-hydrogen) atoms. The number of nitrogens with zero attached hydrogens (tertiary/aromatic N) is 2. The number of anilines is 1. The number of nitrogens with one attached hydrogen (secondary N) is 1. The number of hydrogen-bond donors (Lipinski definition) is 1. The first kappa shape index (κ1) is 14.6. The average molecular weight is 279 g/mol. The van der Waals surface area contributed by atoms with Gasteiger partial charge in [0.05, 0.1) is 12.0 Å². The largest absolute Gasteiger partial charge is 0.497 e. The Labute approximate surface area is 118 Å². The molecule has 2 rings (SSSR count). The van der Waals surface area contributed by atoms with Crippen LogP contribution in [0.15, 0.2) is 18.2 Å². The average Bonchev–Trinajstić information content (AvgIpc) is 2.47. The van der Waals surface area contributed by atoms with Gasteiger partial charge in [-0.1, -0.05) is 0 Å². The molecule has 1 N–H and O–H groups in total. The van der Waals surface area contributed by atoms with Gasteiger partial charge >= 0.3 is 0 Å². The fourth-order valence-corrected chi connectivity index (χ4v) is 2.78. The first-order chi connectivity index (χ1) is 9.67. The molecule has 1 aliphatic rings. The Bertz CT molecular complexity index is 477. The maximum absolute atomic E-state index is 11.3. The molecule has 110 valence electrons. The third-order valence-electron chi connectivity index (χ3n) is 3.76. The van der Waals surface area contributed by atoms with E-state index in [-0.39, 0.29) is 10.6 Å². The van der Waals surface area contributed by atoms with Gasteiger partial charge < -0.3 is 15.0 Å². The summed E-state index contributed by atoms with van der Waals surface area (Å²) in [4.78, 5) is 13.1. The van der Waals surface area contributed by atoms with Crippen molar-refractivity contribution in [2.45, 2.75) is 25.3 Å². The number of likely N-dealkylation sites (N-methyl/N-ethyl adjacent to an activating group) is 1. The van der Waals surface area contributed by atoms with Crippen LogP contribution in [0.1, 0.15) is 19.3 Å². The van der Waals surface area contributed by atoms with Crippen LogP contribution in [0.5, 0.6) is 5.75 Å². The molecule has 0 bridgehead atoms. The van der Waals surface area contributed by atoms with Crippen LogP contribution in [0.2, 0.25) is 0 Å². The van der Waals surface area contributed by atoms with Gasteiger partial charge in [-0.25, -0.2) is 0 Å². The van der Waals surface area contributed by atoms with E-state index in [1.165, 1.54) is 12.5 Å². The lowest BCUT2D eigenvalue weighted by Gasteiger charge is -2.37. The zero-order valence-corrected chi connectivity index (χ0v) is 12.0. The van der Waals surface area contributed by atoms with Gasteiger partial charge in [-0.15, -0.1) is 0 Å². The lowest BCUT2D eigenvalue weighted by molar-refractivity contribution is -0.384. The van der Waals surface area contributed by atoms with Crippen molar-refractivity contribution >= 4 is 11.4 Å². The highest BCUT2D eigenvalue weighted by Crippen LogP contribution is 2.35. The first-order valence-electron chi connectivity index (χ1n) is 6.91. The molecule has 1 aromatic rings. The van der Waals surface area contributed by atoms with Crippen molar-refractivity contribution in [1.29, 1.82) is 0 Å². The number of benzene rings is 1. The molecule has 1 unspecified atom stereocenters. The maximum Gasteiger partial charge on any atom is 0.292 e. The summed E-state index contributed by atoms with van der Waals surface area (Å²) >= 11 is 0. The smallest absolute Gasteiger partial charge is 0.292 e. The van der Waals surface area contributed by atoms with Crippen LogP contribution in [0.4, 0.5) is 11.4 Å². The fourth-order valence-electron chi connectivity index (χ4n) is 2.78. The third kappa shape index (κ3) is 3.01. The molecular formula is C14H21N3O3. The zero-order chi connectivity index (χ0) is 14.5. The second-order valence-electron chi connectivity index (χ2n) is 5.01. The quantitative estimate of drug-likeness (QED) is 0.661. The fraction of sp³-hybridized carbons (Fsp3) is 0.571. The van der Waals surface area contributed by atoms with Crippen molar-refractivity contribution in [2.75, 3.05) is 32.1 Å². The number of rotatable bonds is 5. The molecular weight excluding hydrogens is 258 g/mol. The van der Waals surface area contributed by atoms with Gasteiger partial charge in [0.15, 0.2) is 0 Å². The summed E-state index contributed by atoms with van der Waals surface area (Å²) in [5.74, 6) is 0.652. The predicted octanol–water partition coefficient (Wildman–Crippen LogP) is 2.18. The molecule has 6 nitrogen and oxygen atoms in total. The van der Waals surface area contributed by atoms with Crippen LogP contribution in [-0.4, -0.2) is 38.2 Å². The van der Waals surface area contributed by atoms with E-state index in [0.717, 1.165) is 25.9 Å². The highest BCUT2D eigenvalue weighted by molar-refractivity contribution is 5.66. The summed E-state index contributed by atoms with van der Waals surface area (Å²) in [7, 11) is 3.49. The van der Waals surface area contributed by atoms with Crippen molar-refractivity contribution in [3.8, 4) is 5.75 Å². The van der Waals surface area contributed by atoms with Crippen LogP contribution in [0, 0.1) is 10.1 Å². The van der Waals surface area contributed by atoms with Crippen molar-refractivity contribution in [1.82, 2.24) is 5.32 Å². The van der Waals surface area contributed by atoms with E-state index in [0.29, 0.717) is 17.5 Å². The summed E-state index contributed by atoms with van der Waals surface area (Å²) in [6, 6.07) is 5.23. The number of nitro groups is 1. The summed E-state index contributed by atoms with van der Waals surface area (Å²) < 4.78 is 5.21. The minimum Gasteiger partial charge on any atom is -0.497 e. The first-order valence-corrected chi connectivity index (χ1v) is 6.91. The zero-order valence-electron chi connectivity index (χ0n) is 12.0. The Kier molecular flexibility index (Phi) is 4.79. The molecule has 0 radical (unpaired) electrons. The minimum absolute atomic E-state index is 0.147. The number of ether oxygens (including phenoxy) is 1. The van der Waals surface area contributed by atoms with Gasteiger partial charge in [0, 0.05) is 31.3 Å². The summed E-state index contributed by atoms with van der Waals surface area (Å²) in [6.07, 6.45) is 3.28. The molecule has 1 aromatic carbocycles. The van der Waals surface area contributed by atoms with E-state index in [1.807, 2.05) is 7.05 Å². The Morgan fingerprint density at radius 3 is 2.95 bits per heavy atom. The van der Waals surface area contributed by atoms with Crippen LogP contribution in [0.25, 0.3) is 0 Å². The topological polar surface area (TPSA) is 67.6 Å². The number of nitro benzene ring substituents is 1. The Morgan fingerprint density at radius 2 is 2.30 bits per heavy atom. The molecule has 1 saturated heterocycles. The molecule has 1 heterocycles. The number of piperidine rings is 1. The van der Waals surface area contributed by atoms with E-state index in [9.17, 15) is 10.1 Å². The van der Waals surface area contributed by atoms with E-state index in [4.69, 9.17) is 4.74 Å².